The summed E-state index contributed by atoms with van der Waals surface area (Å²) in [7, 11) is -9.81. The average Bonchev–Trinajstić information content (AvgIpc) is 2.05. The van der Waals surface area contributed by atoms with E-state index in [0.29, 0.717) is 25.7 Å². The van der Waals surface area contributed by atoms with Gasteiger partial charge in [-0.1, -0.05) is 256 Å². The maximum absolute atomic E-state index is 12.9. The Morgan fingerprint density at radius 3 is 0.874 bits per heavy atom. The van der Waals surface area contributed by atoms with Gasteiger partial charge in [-0.15, -0.1) is 0 Å². The number of rotatable bonds is 66. The molecular formula is C77H126O16P2. The first-order valence-corrected chi connectivity index (χ1v) is 38.8. The standard InChI is InChI=1S/C77H126O16P2/c1-4-7-10-13-16-19-22-25-28-30-31-32-33-34-35-36-37-38-39-41-44-45-48-51-54-57-60-63-75(80)87-66-72(78)67-89-94(83,84)90-68-73(79)69-91-95(85,86)92-71-74(93-77(82)65-62-59-56-53-50-47-42-27-24-21-18-15-12-9-6-3)70-88-76(81)64-61-58-55-52-49-46-43-40-29-26-23-20-17-14-11-8-5-2/h7-12,16-21,25-29,31-32,34-35,42-43,46,52,55,72-74,78-79H,4-6,13-15,22-24,30,33,36-41,44-45,47-51,53-54,56-71H2,1-3H3,(H,83,84)(H,85,86)/b10-7-,11-8-,12-9-,19-16-,20-17-,21-18-,28-25-,29-26-,32-31-,35-34-,42-27-,46-43-,55-52-. The first-order chi connectivity index (χ1) is 46.2. The lowest BCUT2D eigenvalue weighted by atomic mass is 10.0. The SMILES string of the molecule is CC/C=C\C/C=C\C/C=C\C/C=C\C/C=C\CCCCCCCCCCCCCC(=O)OCC(O)COP(=O)(O)OCC(O)COP(=O)(O)OCC(COC(=O)CCC/C=C\C/C=C\C/C=C\C/C=C\C/C=C\CC)OC(=O)CCCCCCC/C=C\C/C=C\C/C=C\CC. The molecule has 0 amide bonds. The summed E-state index contributed by atoms with van der Waals surface area (Å²) in [6.45, 7) is 2.22. The molecule has 0 aromatic rings. The molecule has 0 saturated carbocycles. The van der Waals surface area contributed by atoms with E-state index in [4.69, 9.17) is 32.3 Å². The Hall–Kier alpha value is -4.83. The quantitative estimate of drug-likeness (QED) is 0.0146. The Morgan fingerprint density at radius 1 is 0.295 bits per heavy atom. The van der Waals surface area contributed by atoms with E-state index in [9.17, 15) is 43.5 Å². The number of aliphatic hydroxyl groups excluding tert-OH is 2. The highest BCUT2D eigenvalue weighted by molar-refractivity contribution is 7.47. The second kappa shape index (κ2) is 69.1. The topological polar surface area (TPSA) is 231 Å². The minimum atomic E-state index is -4.95. The lowest BCUT2D eigenvalue weighted by molar-refractivity contribution is -0.161. The van der Waals surface area contributed by atoms with E-state index in [1.807, 2.05) is 12.2 Å². The van der Waals surface area contributed by atoms with Crippen molar-refractivity contribution >= 4 is 33.6 Å². The first kappa shape index (κ1) is 90.2. The number of esters is 3. The molecule has 0 aliphatic rings. The molecule has 95 heavy (non-hydrogen) atoms. The molecule has 0 aromatic carbocycles. The molecule has 0 aliphatic heterocycles. The third kappa shape index (κ3) is 70.3. The van der Waals surface area contributed by atoms with E-state index in [1.165, 1.54) is 38.5 Å². The summed E-state index contributed by atoms with van der Waals surface area (Å²) < 4.78 is 60.9. The lowest BCUT2D eigenvalue weighted by Crippen LogP contribution is -2.30. The van der Waals surface area contributed by atoms with Gasteiger partial charge in [0.1, 0.15) is 25.4 Å². The zero-order valence-corrected chi connectivity index (χ0v) is 60.3. The maximum atomic E-state index is 12.9. The van der Waals surface area contributed by atoms with Crippen LogP contribution in [0.4, 0.5) is 0 Å². The van der Waals surface area contributed by atoms with Gasteiger partial charge in [0, 0.05) is 19.3 Å². The van der Waals surface area contributed by atoms with E-state index < -0.39 is 91.5 Å². The van der Waals surface area contributed by atoms with Gasteiger partial charge in [-0.05, 0) is 135 Å². The Bertz CT molecular complexity index is 2360. The Morgan fingerprint density at radius 2 is 0.537 bits per heavy atom. The van der Waals surface area contributed by atoms with Crippen LogP contribution in [0.1, 0.15) is 252 Å². The van der Waals surface area contributed by atoms with Crippen LogP contribution in [-0.2, 0) is 55.8 Å². The van der Waals surface area contributed by atoms with Gasteiger partial charge in [0.25, 0.3) is 0 Å². The highest BCUT2D eigenvalue weighted by atomic mass is 31.2. The fourth-order valence-electron chi connectivity index (χ4n) is 8.88. The molecule has 0 radical (unpaired) electrons. The molecular weight excluding hydrogens is 1240 g/mol. The third-order valence-electron chi connectivity index (χ3n) is 14.2. The Balaban J connectivity index is 4.60. The summed E-state index contributed by atoms with van der Waals surface area (Å²) in [6.07, 6.45) is 84.5. The third-order valence-corrected chi connectivity index (χ3v) is 16.1. The first-order valence-electron chi connectivity index (χ1n) is 35.8. The van der Waals surface area contributed by atoms with Crippen molar-refractivity contribution in [2.75, 3.05) is 39.6 Å². The number of phosphoric ester groups is 2. The zero-order chi connectivity index (χ0) is 69.5. The van der Waals surface area contributed by atoms with Crippen LogP contribution in [0.25, 0.3) is 0 Å². The number of ether oxygens (including phenoxy) is 3. The fourth-order valence-corrected chi connectivity index (χ4v) is 10.5. The number of allylic oxidation sites excluding steroid dienone is 26. The van der Waals surface area contributed by atoms with Gasteiger partial charge in [0.15, 0.2) is 6.10 Å². The number of hydrogen-bond donors (Lipinski definition) is 4. The summed E-state index contributed by atoms with van der Waals surface area (Å²) in [5.41, 5.74) is 0. The van der Waals surface area contributed by atoms with Crippen LogP contribution in [-0.4, -0.2) is 95.9 Å². The molecule has 0 fully saturated rings. The summed E-state index contributed by atoms with van der Waals surface area (Å²) in [5.74, 6) is -1.68. The number of unbranched alkanes of at least 4 members (excludes halogenated alkanes) is 17. The Labute approximate surface area is 574 Å². The predicted molar refractivity (Wildman–Crippen MR) is 389 cm³/mol. The number of hydrogen-bond acceptors (Lipinski definition) is 14. The van der Waals surface area contributed by atoms with Crippen molar-refractivity contribution < 1.29 is 75.8 Å². The molecule has 0 spiro atoms. The van der Waals surface area contributed by atoms with Crippen molar-refractivity contribution in [2.24, 2.45) is 0 Å². The monoisotopic (exact) mass is 1370 g/mol. The second-order valence-corrected chi connectivity index (χ2v) is 26.1. The molecule has 0 heterocycles. The average molecular weight is 1370 g/mol. The van der Waals surface area contributed by atoms with Gasteiger partial charge in [0.2, 0.25) is 0 Å². The second-order valence-electron chi connectivity index (χ2n) is 23.2. The number of carbonyl (C=O) groups is 3. The van der Waals surface area contributed by atoms with Gasteiger partial charge in [-0.25, -0.2) is 9.13 Å². The smallest absolute Gasteiger partial charge is 0.463 e. The van der Waals surface area contributed by atoms with Crippen LogP contribution in [0, 0.1) is 0 Å². The molecule has 540 valence electrons. The highest BCUT2D eigenvalue weighted by Gasteiger charge is 2.29. The minimum absolute atomic E-state index is 0.0676. The number of phosphoric acid groups is 2. The molecule has 4 N–H and O–H groups in total. The van der Waals surface area contributed by atoms with Crippen LogP contribution in [0.2, 0.25) is 0 Å². The van der Waals surface area contributed by atoms with Crippen molar-refractivity contribution in [3.05, 3.63) is 158 Å². The van der Waals surface area contributed by atoms with E-state index in [0.717, 1.165) is 148 Å². The predicted octanol–water partition coefficient (Wildman–Crippen LogP) is 20.3. The van der Waals surface area contributed by atoms with Crippen molar-refractivity contribution in [3.8, 4) is 0 Å². The van der Waals surface area contributed by atoms with E-state index >= 15 is 0 Å². The molecule has 0 aromatic heterocycles. The van der Waals surface area contributed by atoms with Crippen molar-refractivity contribution in [3.63, 3.8) is 0 Å². The molecule has 5 atom stereocenters. The molecule has 16 nitrogen and oxygen atoms in total. The molecule has 0 aliphatic carbocycles. The molecule has 0 saturated heterocycles. The van der Waals surface area contributed by atoms with Crippen molar-refractivity contribution in [1.82, 2.24) is 0 Å². The van der Waals surface area contributed by atoms with Gasteiger partial charge in [-0.3, -0.25) is 32.5 Å². The van der Waals surface area contributed by atoms with Crippen LogP contribution in [0.5, 0.6) is 0 Å². The lowest BCUT2D eigenvalue weighted by Gasteiger charge is -2.21. The molecule has 0 rings (SSSR count). The highest BCUT2D eigenvalue weighted by Crippen LogP contribution is 2.45. The van der Waals surface area contributed by atoms with Crippen molar-refractivity contribution in [2.45, 2.75) is 270 Å². The minimum Gasteiger partial charge on any atom is -0.463 e. The maximum Gasteiger partial charge on any atom is 0.472 e. The van der Waals surface area contributed by atoms with Crippen LogP contribution < -0.4 is 0 Å². The summed E-state index contributed by atoms with van der Waals surface area (Å²) >= 11 is 0. The Kier molecular flexibility index (Phi) is 65.6. The number of carbonyl (C=O) groups excluding carboxylic acids is 3. The summed E-state index contributed by atoms with van der Waals surface area (Å²) in [6, 6.07) is 0. The summed E-state index contributed by atoms with van der Waals surface area (Å²) in [5, 5.41) is 20.6. The van der Waals surface area contributed by atoms with Gasteiger partial charge in [-0.2, -0.15) is 0 Å². The fraction of sp³-hybridized carbons (Fsp3) is 0.623. The van der Waals surface area contributed by atoms with Gasteiger partial charge in [0.05, 0.1) is 26.4 Å². The summed E-state index contributed by atoms with van der Waals surface area (Å²) in [4.78, 5) is 58.4. The van der Waals surface area contributed by atoms with Crippen LogP contribution >= 0.6 is 15.6 Å². The van der Waals surface area contributed by atoms with E-state index in [-0.39, 0.29) is 19.3 Å². The number of aliphatic hydroxyl groups is 2. The van der Waals surface area contributed by atoms with Crippen molar-refractivity contribution in [1.29, 1.82) is 0 Å². The molecule has 18 heteroatoms. The van der Waals surface area contributed by atoms with Gasteiger partial charge >= 0.3 is 33.6 Å². The normalized spacial score (nSPS) is 15.1. The molecule has 0 bridgehead atoms. The van der Waals surface area contributed by atoms with E-state index in [1.54, 1.807) is 0 Å². The van der Waals surface area contributed by atoms with Crippen LogP contribution in [0.3, 0.4) is 0 Å². The van der Waals surface area contributed by atoms with E-state index in [2.05, 4.69) is 167 Å². The zero-order valence-electron chi connectivity index (χ0n) is 58.5. The van der Waals surface area contributed by atoms with Gasteiger partial charge < -0.3 is 34.2 Å². The van der Waals surface area contributed by atoms with Crippen LogP contribution in [0.15, 0.2) is 158 Å². The molecule has 5 unspecified atom stereocenters. The largest absolute Gasteiger partial charge is 0.472 e.